The van der Waals surface area contributed by atoms with Gasteiger partial charge >= 0.3 is 0 Å². The fourth-order valence-electron chi connectivity index (χ4n) is 4.03. The van der Waals surface area contributed by atoms with Crippen molar-refractivity contribution in [2.24, 2.45) is 11.8 Å². The van der Waals surface area contributed by atoms with Gasteiger partial charge in [-0.05, 0) is 44.1 Å². The standard InChI is InChI=1S/C19H26N2O/c1-14-2-4-15(5-3-14)10-20-12-17-8-9-18(13-20)21(19(17)22)11-16-6-7-16/h2-5,16-18H,6-13H2,1H3/t17-,18+/m0/s1. The van der Waals surface area contributed by atoms with Crippen LogP contribution in [0.2, 0.25) is 0 Å². The highest BCUT2D eigenvalue weighted by Gasteiger charge is 2.42. The number of nitrogens with zero attached hydrogens (tertiary/aromatic N) is 2. The van der Waals surface area contributed by atoms with Crippen molar-refractivity contribution in [2.75, 3.05) is 19.6 Å². The summed E-state index contributed by atoms with van der Waals surface area (Å²) in [6.45, 7) is 6.15. The summed E-state index contributed by atoms with van der Waals surface area (Å²) in [6, 6.07) is 9.29. The van der Waals surface area contributed by atoms with E-state index in [-0.39, 0.29) is 5.92 Å². The smallest absolute Gasteiger partial charge is 0.227 e. The number of amides is 1. The molecular weight excluding hydrogens is 272 g/mol. The fourth-order valence-corrected chi connectivity index (χ4v) is 4.03. The predicted molar refractivity (Wildman–Crippen MR) is 87.4 cm³/mol. The average Bonchev–Trinajstić information content (AvgIpc) is 3.33. The first kappa shape index (κ1) is 14.3. The lowest BCUT2D eigenvalue weighted by Crippen LogP contribution is -2.48. The summed E-state index contributed by atoms with van der Waals surface area (Å²) < 4.78 is 0. The average molecular weight is 298 g/mol. The molecule has 3 nitrogen and oxygen atoms in total. The number of aryl methyl sites for hydroxylation is 1. The molecule has 1 aromatic rings. The minimum absolute atomic E-state index is 0.239. The van der Waals surface area contributed by atoms with Crippen molar-refractivity contribution in [3.05, 3.63) is 35.4 Å². The van der Waals surface area contributed by atoms with Crippen LogP contribution in [0.3, 0.4) is 0 Å². The molecule has 0 unspecified atom stereocenters. The van der Waals surface area contributed by atoms with Crippen LogP contribution in [0.5, 0.6) is 0 Å². The summed E-state index contributed by atoms with van der Waals surface area (Å²) in [5.74, 6) is 1.48. The number of rotatable bonds is 4. The van der Waals surface area contributed by atoms with Gasteiger partial charge in [0.2, 0.25) is 5.91 Å². The highest BCUT2D eigenvalue weighted by Crippen LogP contribution is 2.35. The Bertz CT molecular complexity index is 549. The van der Waals surface area contributed by atoms with E-state index in [1.807, 2.05) is 0 Å². The van der Waals surface area contributed by atoms with E-state index < -0.39 is 0 Å². The third kappa shape index (κ3) is 2.91. The molecule has 0 spiro atoms. The van der Waals surface area contributed by atoms with Crippen LogP contribution in [0.25, 0.3) is 0 Å². The third-order valence-corrected chi connectivity index (χ3v) is 5.55. The largest absolute Gasteiger partial charge is 0.338 e. The summed E-state index contributed by atoms with van der Waals surface area (Å²) in [4.78, 5) is 17.5. The van der Waals surface area contributed by atoms with Gasteiger partial charge in [-0.1, -0.05) is 29.8 Å². The molecule has 1 amide bonds. The molecule has 0 aromatic heterocycles. The lowest BCUT2D eigenvalue weighted by molar-refractivity contribution is -0.140. The second-order valence-electron chi connectivity index (χ2n) is 7.54. The maximum absolute atomic E-state index is 12.7. The Morgan fingerprint density at radius 2 is 1.82 bits per heavy atom. The monoisotopic (exact) mass is 298 g/mol. The summed E-state index contributed by atoms with van der Waals surface area (Å²) in [6.07, 6.45) is 4.95. The Morgan fingerprint density at radius 3 is 2.55 bits per heavy atom. The van der Waals surface area contributed by atoms with Gasteiger partial charge in [-0.15, -0.1) is 0 Å². The molecule has 1 aliphatic carbocycles. The Morgan fingerprint density at radius 1 is 1.05 bits per heavy atom. The van der Waals surface area contributed by atoms with Gasteiger partial charge in [0.1, 0.15) is 0 Å². The molecular formula is C19H26N2O. The van der Waals surface area contributed by atoms with E-state index in [4.69, 9.17) is 0 Å². The molecule has 3 saturated heterocycles. The van der Waals surface area contributed by atoms with Crippen molar-refractivity contribution in [1.82, 2.24) is 9.80 Å². The molecule has 1 saturated carbocycles. The van der Waals surface area contributed by atoms with Crippen LogP contribution in [0.4, 0.5) is 0 Å². The lowest BCUT2D eigenvalue weighted by Gasteiger charge is -2.36. The molecule has 2 atom stereocenters. The summed E-state index contributed by atoms with van der Waals surface area (Å²) in [5, 5.41) is 0. The van der Waals surface area contributed by atoms with E-state index in [2.05, 4.69) is 41.0 Å². The van der Waals surface area contributed by atoms with Crippen LogP contribution >= 0.6 is 0 Å². The van der Waals surface area contributed by atoms with Gasteiger partial charge in [0.15, 0.2) is 0 Å². The molecule has 3 heteroatoms. The zero-order valence-corrected chi connectivity index (χ0v) is 13.5. The highest BCUT2D eigenvalue weighted by molar-refractivity contribution is 5.80. The molecule has 2 bridgehead atoms. The molecule has 22 heavy (non-hydrogen) atoms. The number of carbonyl (C=O) groups excluding carboxylic acids is 1. The highest BCUT2D eigenvalue weighted by atomic mass is 16.2. The number of carbonyl (C=O) groups is 1. The second-order valence-corrected chi connectivity index (χ2v) is 7.54. The molecule has 4 fully saturated rings. The first-order valence-corrected chi connectivity index (χ1v) is 8.77. The van der Waals surface area contributed by atoms with Gasteiger partial charge < -0.3 is 4.90 Å². The molecule has 0 radical (unpaired) electrons. The van der Waals surface area contributed by atoms with E-state index in [1.54, 1.807) is 0 Å². The van der Waals surface area contributed by atoms with Gasteiger partial charge in [-0.25, -0.2) is 0 Å². The molecule has 5 rings (SSSR count). The molecule has 4 aliphatic rings. The molecule has 3 heterocycles. The number of fused-ring (bicyclic) bond motifs is 4. The first-order chi connectivity index (χ1) is 10.7. The van der Waals surface area contributed by atoms with Gasteiger partial charge in [0.05, 0.1) is 5.92 Å². The molecule has 3 aliphatic heterocycles. The van der Waals surface area contributed by atoms with Crippen LogP contribution in [0, 0.1) is 18.8 Å². The van der Waals surface area contributed by atoms with Crippen LogP contribution in [0.1, 0.15) is 36.8 Å². The topological polar surface area (TPSA) is 23.6 Å². The van der Waals surface area contributed by atoms with Gasteiger partial charge in [0.25, 0.3) is 0 Å². The van der Waals surface area contributed by atoms with E-state index >= 15 is 0 Å². The fraction of sp³-hybridized carbons (Fsp3) is 0.632. The number of hydrogen-bond acceptors (Lipinski definition) is 2. The van der Waals surface area contributed by atoms with Gasteiger partial charge in [0, 0.05) is 32.2 Å². The van der Waals surface area contributed by atoms with Crippen molar-refractivity contribution in [3.63, 3.8) is 0 Å². The van der Waals surface area contributed by atoms with Gasteiger partial charge in [-0.3, -0.25) is 9.69 Å². The van der Waals surface area contributed by atoms with E-state index in [0.717, 1.165) is 38.5 Å². The van der Waals surface area contributed by atoms with Crippen molar-refractivity contribution in [3.8, 4) is 0 Å². The molecule has 1 aromatic carbocycles. The minimum Gasteiger partial charge on any atom is -0.338 e. The van der Waals surface area contributed by atoms with Crippen LogP contribution < -0.4 is 0 Å². The van der Waals surface area contributed by atoms with Crippen LogP contribution in [-0.2, 0) is 11.3 Å². The van der Waals surface area contributed by atoms with E-state index in [0.29, 0.717) is 11.9 Å². The van der Waals surface area contributed by atoms with Gasteiger partial charge in [-0.2, -0.15) is 0 Å². The minimum atomic E-state index is 0.239. The summed E-state index contributed by atoms with van der Waals surface area (Å²) in [7, 11) is 0. The Labute approximate surface area is 133 Å². The van der Waals surface area contributed by atoms with Crippen molar-refractivity contribution >= 4 is 5.91 Å². The van der Waals surface area contributed by atoms with E-state index in [9.17, 15) is 4.79 Å². The first-order valence-electron chi connectivity index (χ1n) is 8.77. The summed E-state index contributed by atoms with van der Waals surface area (Å²) in [5.41, 5.74) is 2.68. The number of benzene rings is 1. The Kier molecular flexibility index (Phi) is 3.69. The third-order valence-electron chi connectivity index (χ3n) is 5.55. The van der Waals surface area contributed by atoms with Crippen LogP contribution in [0.15, 0.2) is 24.3 Å². The zero-order valence-electron chi connectivity index (χ0n) is 13.5. The van der Waals surface area contributed by atoms with Crippen molar-refractivity contribution < 1.29 is 4.79 Å². The maximum Gasteiger partial charge on any atom is 0.227 e. The molecule has 0 N–H and O–H groups in total. The SMILES string of the molecule is Cc1ccc(CN2C[C@@H]3CC[C@H](C2)N(CC2CC2)C3=O)cc1. The summed E-state index contributed by atoms with van der Waals surface area (Å²) >= 11 is 0. The van der Waals surface area contributed by atoms with Crippen LogP contribution in [-0.4, -0.2) is 41.4 Å². The molecule has 118 valence electrons. The Hall–Kier alpha value is -1.35. The second kappa shape index (κ2) is 5.69. The maximum atomic E-state index is 12.7. The van der Waals surface area contributed by atoms with Crippen molar-refractivity contribution in [1.29, 1.82) is 0 Å². The van der Waals surface area contributed by atoms with E-state index in [1.165, 1.54) is 30.4 Å². The number of hydrogen-bond donors (Lipinski definition) is 0. The normalized spacial score (nSPS) is 29.0. The number of piperidine rings is 1. The predicted octanol–water partition coefficient (Wildman–Crippen LogP) is 2.83. The Balaban J connectivity index is 1.47. The zero-order chi connectivity index (χ0) is 15.1. The lowest BCUT2D eigenvalue weighted by atomic mass is 9.94. The quantitative estimate of drug-likeness (QED) is 0.853. The van der Waals surface area contributed by atoms with Crippen molar-refractivity contribution in [2.45, 2.75) is 45.2 Å².